The van der Waals surface area contributed by atoms with Crippen molar-refractivity contribution in [3.63, 3.8) is 0 Å². The number of carbonyl (C=O) groups excluding carboxylic acids is 1. The Morgan fingerprint density at radius 1 is 1.25 bits per heavy atom. The number of Topliss-reactive ketones (excluding diaryl/α,β-unsaturated/α-hetero) is 1. The van der Waals surface area contributed by atoms with E-state index in [0.717, 1.165) is 5.41 Å². The van der Waals surface area contributed by atoms with Gasteiger partial charge in [-0.1, -0.05) is 49.1 Å². The molecule has 1 aromatic rings. The van der Waals surface area contributed by atoms with E-state index in [-0.39, 0.29) is 0 Å². The summed E-state index contributed by atoms with van der Waals surface area (Å²) in [5.74, 6) is -0.921. The Kier molecular flexibility index (Phi) is 4.19. The summed E-state index contributed by atoms with van der Waals surface area (Å²) in [5.41, 5.74) is 0.401. The second-order valence-corrected chi connectivity index (χ2v) is 5.05. The van der Waals surface area contributed by atoms with Crippen LogP contribution in [0.3, 0.4) is 0 Å². The monoisotopic (exact) mass is 236 g/mol. The lowest BCUT2D eigenvalue weighted by atomic mass is 10.2. The summed E-state index contributed by atoms with van der Waals surface area (Å²) in [6, 6.07) is 8.34. The number of sulfone groups is 1. The van der Waals surface area contributed by atoms with E-state index in [9.17, 15) is 13.2 Å². The SMILES string of the molecule is C=C/C=C\S(=O)(=O)CC(=O)c1ccccc1. The Hall–Kier alpha value is -1.68. The van der Waals surface area contributed by atoms with E-state index in [4.69, 9.17) is 0 Å². The van der Waals surface area contributed by atoms with Crippen LogP contribution in [0.4, 0.5) is 0 Å². The summed E-state index contributed by atoms with van der Waals surface area (Å²) in [6.07, 6.45) is 2.65. The minimum absolute atomic E-state index is 0.401. The second-order valence-electron chi connectivity index (χ2n) is 3.16. The topological polar surface area (TPSA) is 51.2 Å². The highest BCUT2D eigenvalue weighted by molar-refractivity contribution is 7.94. The van der Waals surface area contributed by atoms with E-state index in [1.165, 1.54) is 12.2 Å². The molecular weight excluding hydrogens is 224 g/mol. The molecule has 0 aliphatic heterocycles. The van der Waals surface area contributed by atoms with E-state index in [2.05, 4.69) is 6.58 Å². The van der Waals surface area contributed by atoms with Gasteiger partial charge in [0.2, 0.25) is 0 Å². The molecule has 0 atom stereocenters. The van der Waals surface area contributed by atoms with Crippen LogP contribution in [0, 0.1) is 0 Å². The lowest BCUT2D eigenvalue weighted by molar-refractivity contribution is 0.102. The average Bonchev–Trinajstić information content (AvgIpc) is 2.27. The molecule has 4 heteroatoms. The zero-order valence-corrected chi connectivity index (χ0v) is 9.48. The first-order valence-electron chi connectivity index (χ1n) is 4.65. The molecule has 0 unspecified atom stereocenters. The Labute approximate surface area is 95.0 Å². The summed E-state index contributed by atoms with van der Waals surface area (Å²) < 4.78 is 22.8. The Morgan fingerprint density at radius 2 is 1.88 bits per heavy atom. The summed E-state index contributed by atoms with van der Waals surface area (Å²) in [6.45, 7) is 3.36. The molecule has 0 aliphatic rings. The predicted octanol–water partition coefficient (Wildman–Crippen LogP) is 1.98. The van der Waals surface area contributed by atoms with E-state index >= 15 is 0 Å². The first-order valence-corrected chi connectivity index (χ1v) is 6.37. The van der Waals surface area contributed by atoms with E-state index < -0.39 is 21.4 Å². The van der Waals surface area contributed by atoms with Gasteiger partial charge >= 0.3 is 0 Å². The van der Waals surface area contributed by atoms with E-state index in [0.29, 0.717) is 5.56 Å². The van der Waals surface area contributed by atoms with Gasteiger partial charge in [0.05, 0.1) is 0 Å². The van der Waals surface area contributed by atoms with Crippen LogP contribution >= 0.6 is 0 Å². The third-order valence-corrected chi connectivity index (χ3v) is 3.09. The molecule has 3 nitrogen and oxygen atoms in total. The molecule has 1 rings (SSSR count). The molecule has 84 valence electrons. The highest BCUT2D eigenvalue weighted by Gasteiger charge is 2.14. The first-order chi connectivity index (χ1) is 7.55. The molecule has 0 bridgehead atoms. The molecule has 0 saturated carbocycles. The summed E-state index contributed by atoms with van der Waals surface area (Å²) in [4.78, 5) is 11.6. The molecule has 0 saturated heterocycles. The Balaban J connectivity index is 2.80. The molecule has 16 heavy (non-hydrogen) atoms. The van der Waals surface area contributed by atoms with Crippen molar-refractivity contribution < 1.29 is 13.2 Å². The fourth-order valence-electron chi connectivity index (χ4n) is 1.11. The summed E-state index contributed by atoms with van der Waals surface area (Å²) in [7, 11) is -3.49. The van der Waals surface area contributed by atoms with Gasteiger partial charge < -0.3 is 0 Å². The van der Waals surface area contributed by atoms with Crippen LogP contribution in [0.25, 0.3) is 0 Å². The van der Waals surface area contributed by atoms with E-state index in [1.54, 1.807) is 30.3 Å². The van der Waals surface area contributed by atoms with Crippen molar-refractivity contribution in [2.45, 2.75) is 0 Å². The molecule has 0 fully saturated rings. The second kappa shape index (κ2) is 5.42. The normalized spacial score (nSPS) is 11.5. The number of ketones is 1. The van der Waals surface area contributed by atoms with Crippen molar-refractivity contribution >= 4 is 15.6 Å². The van der Waals surface area contributed by atoms with Gasteiger partial charge in [0.15, 0.2) is 15.6 Å². The molecule has 0 aromatic heterocycles. The maximum atomic E-state index is 11.6. The first kappa shape index (κ1) is 12.4. The van der Waals surface area contributed by atoms with Crippen LogP contribution in [0.2, 0.25) is 0 Å². The third-order valence-electron chi connectivity index (χ3n) is 1.85. The number of hydrogen-bond donors (Lipinski definition) is 0. The minimum Gasteiger partial charge on any atom is -0.293 e. The van der Waals surface area contributed by atoms with E-state index in [1.807, 2.05) is 0 Å². The molecule has 1 aromatic carbocycles. The third kappa shape index (κ3) is 3.82. The number of carbonyl (C=O) groups is 1. The zero-order valence-electron chi connectivity index (χ0n) is 8.67. The van der Waals surface area contributed by atoms with Gasteiger partial charge in [0.1, 0.15) is 5.75 Å². The maximum absolute atomic E-state index is 11.6. The van der Waals surface area contributed by atoms with Crippen molar-refractivity contribution in [2.24, 2.45) is 0 Å². The van der Waals surface area contributed by atoms with Crippen LogP contribution in [-0.4, -0.2) is 20.0 Å². The summed E-state index contributed by atoms with van der Waals surface area (Å²) in [5, 5.41) is 0.987. The zero-order chi connectivity index (χ0) is 12.0. The van der Waals surface area contributed by atoms with Gasteiger partial charge in [-0.05, 0) is 0 Å². The average molecular weight is 236 g/mol. The van der Waals surface area contributed by atoms with Crippen LogP contribution in [0.15, 0.2) is 54.5 Å². The molecule has 0 N–H and O–H groups in total. The quantitative estimate of drug-likeness (QED) is 0.580. The van der Waals surface area contributed by atoms with Crippen LogP contribution in [0.1, 0.15) is 10.4 Å². The van der Waals surface area contributed by atoms with Gasteiger partial charge in [0, 0.05) is 11.0 Å². The minimum atomic E-state index is -3.49. The van der Waals surface area contributed by atoms with Gasteiger partial charge in [-0.25, -0.2) is 8.42 Å². The standard InChI is InChI=1S/C12H12O3S/c1-2-3-9-16(14,15)10-12(13)11-7-5-4-6-8-11/h2-9H,1,10H2/b9-3-. The predicted molar refractivity (Wildman–Crippen MR) is 63.9 cm³/mol. The number of allylic oxidation sites excluding steroid dienone is 2. The molecule has 0 aliphatic carbocycles. The van der Waals surface area contributed by atoms with Crippen molar-refractivity contribution in [2.75, 3.05) is 5.75 Å². The number of benzene rings is 1. The van der Waals surface area contributed by atoms with Gasteiger partial charge in [0.25, 0.3) is 0 Å². The fraction of sp³-hybridized carbons (Fsp3) is 0.0833. The molecule has 0 radical (unpaired) electrons. The fourth-order valence-corrected chi connectivity index (χ4v) is 2.09. The van der Waals surface area contributed by atoms with Gasteiger partial charge in [-0.15, -0.1) is 0 Å². The highest BCUT2D eigenvalue weighted by atomic mass is 32.2. The molecule has 0 amide bonds. The van der Waals surface area contributed by atoms with Crippen LogP contribution in [-0.2, 0) is 9.84 Å². The Bertz CT molecular complexity index is 498. The number of rotatable bonds is 5. The largest absolute Gasteiger partial charge is 0.293 e. The lowest BCUT2D eigenvalue weighted by Crippen LogP contribution is -2.13. The lowest BCUT2D eigenvalue weighted by Gasteiger charge is -1.99. The van der Waals surface area contributed by atoms with Crippen molar-refractivity contribution in [1.29, 1.82) is 0 Å². The molecular formula is C12H12O3S. The molecule has 0 heterocycles. The van der Waals surface area contributed by atoms with Gasteiger partial charge in [-0.3, -0.25) is 4.79 Å². The summed E-state index contributed by atoms with van der Waals surface area (Å²) >= 11 is 0. The van der Waals surface area contributed by atoms with Crippen LogP contribution in [0.5, 0.6) is 0 Å². The van der Waals surface area contributed by atoms with Crippen molar-refractivity contribution in [3.05, 3.63) is 60.0 Å². The van der Waals surface area contributed by atoms with Crippen molar-refractivity contribution in [3.8, 4) is 0 Å². The molecule has 0 spiro atoms. The highest BCUT2D eigenvalue weighted by Crippen LogP contribution is 2.03. The number of hydrogen-bond acceptors (Lipinski definition) is 3. The smallest absolute Gasteiger partial charge is 0.179 e. The van der Waals surface area contributed by atoms with Gasteiger partial charge in [-0.2, -0.15) is 0 Å². The van der Waals surface area contributed by atoms with Crippen LogP contribution < -0.4 is 0 Å². The van der Waals surface area contributed by atoms with Crippen molar-refractivity contribution in [1.82, 2.24) is 0 Å². The Morgan fingerprint density at radius 3 is 2.44 bits per heavy atom. The maximum Gasteiger partial charge on any atom is 0.179 e.